The van der Waals surface area contributed by atoms with E-state index in [2.05, 4.69) is 5.32 Å². The van der Waals surface area contributed by atoms with E-state index in [-0.39, 0.29) is 35.7 Å². The van der Waals surface area contributed by atoms with E-state index in [1.54, 1.807) is 25.1 Å². The molecule has 0 radical (unpaired) electrons. The molecule has 0 fully saturated rings. The highest BCUT2D eigenvalue weighted by atomic mass is 35.5. The molecule has 168 valence electrons. The third kappa shape index (κ3) is 7.82. The highest BCUT2D eigenvalue weighted by molar-refractivity contribution is 7.99. The fourth-order valence-corrected chi connectivity index (χ4v) is 4.09. The average molecular weight is 469 g/mol. The molecule has 2 aromatic carbocycles. The smallest absolute Gasteiger partial charge is 0.242 e. The summed E-state index contributed by atoms with van der Waals surface area (Å²) in [6, 6.07) is 9.49. The summed E-state index contributed by atoms with van der Waals surface area (Å²) in [5.74, 6) is -1.10. The fraction of sp³-hybridized carbons (Fsp3) is 0.391. The lowest BCUT2D eigenvalue weighted by Gasteiger charge is -2.31. The summed E-state index contributed by atoms with van der Waals surface area (Å²) in [4.78, 5) is 27.2. The molecule has 0 aliphatic rings. The zero-order valence-corrected chi connectivity index (χ0v) is 19.6. The number of hydrogen-bond donors (Lipinski definition) is 1. The van der Waals surface area contributed by atoms with Crippen LogP contribution in [0.15, 0.2) is 42.5 Å². The molecule has 0 saturated heterocycles. The molecule has 0 aromatic heterocycles. The highest BCUT2D eigenvalue weighted by Gasteiger charge is 2.28. The van der Waals surface area contributed by atoms with Crippen molar-refractivity contribution in [3.8, 4) is 0 Å². The molecule has 0 aliphatic carbocycles. The van der Waals surface area contributed by atoms with Gasteiger partial charge in [-0.3, -0.25) is 9.59 Å². The molecule has 2 amide bonds. The molecular weight excluding hydrogens is 442 g/mol. The zero-order valence-electron chi connectivity index (χ0n) is 18.0. The molecule has 8 heteroatoms. The Morgan fingerprint density at radius 2 is 1.77 bits per heavy atom. The van der Waals surface area contributed by atoms with Crippen molar-refractivity contribution in [2.45, 2.75) is 51.6 Å². The molecule has 0 saturated carbocycles. The first-order chi connectivity index (χ1) is 14.5. The van der Waals surface area contributed by atoms with E-state index in [4.69, 9.17) is 11.6 Å². The first-order valence-electron chi connectivity index (χ1n) is 9.84. The van der Waals surface area contributed by atoms with E-state index >= 15 is 0 Å². The number of nitrogens with one attached hydrogen (secondary N) is 1. The minimum atomic E-state index is -0.741. The Morgan fingerprint density at radius 1 is 1.13 bits per heavy atom. The van der Waals surface area contributed by atoms with Crippen molar-refractivity contribution < 1.29 is 18.4 Å². The third-order valence-corrected chi connectivity index (χ3v) is 5.76. The summed E-state index contributed by atoms with van der Waals surface area (Å²) in [6.45, 7) is 7.38. The van der Waals surface area contributed by atoms with Crippen LogP contribution in [-0.4, -0.2) is 34.0 Å². The largest absolute Gasteiger partial charge is 0.350 e. The Morgan fingerprint density at radius 3 is 2.35 bits per heavy atom. The van der Waals surface area contributed by atoms with Crippen molar-refractivity contribution in [2.75, 3.05) is 5.75 Å². The zero-order chi connectivity index (χ0) is 23.2. The summed E-state index contributed by atoms with van der Waals surface area (Å²) in [6.07, 6.45) is 0. The maximum absolute atomic E-state index is 14.0. The predicted octanol–water partition coefficient (Wildman–Crippen LogP) is 5.18. The molecule has 2 rings (SSSR count). The van der Waals surface area contributed by atoms with Gasteiger partial charge in [-0.25, -0.2) is 8.78 Å². The van der Waals surface area contributed by atoms with E-state index < -0.39 is 17.4 Å². The van der Waals surface area contributed by atoms with Gasteiger partial charge in [0.2, 0.25) is 11.8 Å². The molecule has 0 heterocycles. The number of rotatable bonds is 8. The van der Waals surface area contributed by atoms with Crippen molar-refractivity contribution >= 4 is 35.2 Å². The number of carbonyl (C=O) groups excluding carboxylic acids is 2. The molecule has 2 aromatic rings. The Kier molecular flexibility index (Phi) is 8.89. The van der Waals surface area contributed by atoms with Gasteiger partial charge in [-0.1, -0.05) is 29.8 Å². The topological polar surface area (TPSA) is 49.4 Å². The predicted molar refractivity (Wildman–Crippen MR) is 122 cm³/mol. The number of benzene rings is 2. The van der Waals surface area contributed by atoms with Gasteiger partial charge < -0.3 is 10.2 Å². The molecular formula is C23H27ClF2N2O2S. The quantitative estimate of drug-likeness (QED) is 0.580. The van der Waals surface area contributed by atoms with E-state index in [0.717, 1.165) is 0 Å². The van der Waals surface area contributed by atoms with Gasteiger partial charge in [0.05, 0.1) is 5.75 Å². The van der Waals surface area contributed by atoms with Crippen molar-refractivity contribution in [2.24, 2.45) is 0 Å². The summed E-state index contributed by atoms with van der Waals surface area (Å²) in [7, 11) is 0. The Hall–Kier alpha value is -2.12. The van der Waals surface area contributed by atoms with Crippen LogP contribution in [0.5, 0.6) is 0 Å². The summed E-state index contributed by atoms with van der Waals surface area (Å²) in [5.41, 5.74) is 0.588. The first-order valence-corrected chi connectivity index (χ1v) is 11.4. The lowest BCUT2D eigenvalue weighted by molar-refractivity contribution is -0.139. The number of carbonyl (C=O) groups is 2. The normalized spacial score (nSPS) is 12.4. The standard InChI is InChI=1S/C23H27ClF2N2O2S/c1-15(22(30)27-23(2,3)4)28(12-16-8-10-17(25)11-9-16)21(29)14-31-13-18-19(24)6-5-7-20(18)26/h5-11,15H,12-14H2,1-4H3,(H,27,30)/t15-/m0/s1. The number of halogens is 3. The van der Waals surface area contributed by atoms with Gasteiger partial charge in [0, 0.05) is 28.4 Å². The van der Waals surface area contributed by atoms with Crippen LogP contribution in [-0.2, 0) is 21.9 Å². The van der Waals surface area contributed by atoms with E-state index in [1.807, 2.05) is 20.8 Å². The van der Waals surface area contributed by atoms with Crippen LogP contribution in [0.3, 0.4) is 0 Å². The highest BCUT2D eigenvalue weighted by Crippen LogP contribution is 2.24. The SMILES string of the molecule is C[C@@H](C(=O)NC(C)(C)C)N(Cc1ccc(F)cc1)C(=O)CSCc1c(F)cccc1Cl. The molecule has 0 bridgehead atoms. The Bertz CT molecular complexity index is 897. The summed E-state index contributed by atoms with van der Waals surface area (Å²) in [5, 5.41) is 3.19. The molecule has 4 nitrogen and oxygen atoms in total. The second-order valence-electron chi connectivity index (χ2n) is 8.26. The van der Waals surface area contributed by atoms with Crippen LogP contribution in [0.4, 0.5) is 8.78 Å². The Labute approximate surface area is 191 Å². The number of nitrogens with zero attached hydrogens (tertiary/aromatic N) is 1. The van der Waals surface area contributed by atoms with Crippen molar-refractivity contribution in [3.05, 3.63) is 70.2 Å². The van der Waals surface area contributed by atoms with Crippen LogP contribution < -0.4 is 5.32 Å². The Balaban J connectivity index is 2.13. The van der Waals surface area contributed by atoms with Gasteiger partial charge in [-0.15, -0.1) is 11.8 Å². The van der Waals surface area contributed by atoms with Crippen molar-refractivity contribution in [1.29, 1.82) is 0 Å². The number of thioether (sulfide) groups is 1. The summed E-state index contributed by atoms with van der Waals surface area (Å²) >= 11 is 7.27. The monoisotopic (exact) mass is 468 g/mol. The summed E-state index contributed by atoms with van der Waals surface area (Å²) < 4.78 is 27.2. The second kappa shape index (κ2) is 11.0. The molecule has 0 aliphatic heterocycles. The number of hydrogen-bond acceptors (Lipinski definition) is 3. The molecule has 0 unspecified atom stereocenters. The van der Waals surface area contributed by atoms with E-state index in [9.17, 15) is 18.4 Å². The molecule has 1 N–H and O–H groups in total. The lowest BCUT2D eigenvalue weighted by atomic mass is 10.1. The van der Waals surface area contributed by atoms with Crippen molar-refractivity contribution in [3.63, 3.8) is 0 Å². The minimum Gasteiger partial charge on any atom is -0.350 e. The van der Waals surface area contributed by atoms with Gasteiger partial charge in [0.25, 0.3) is 0 Å². The lowest BCUT2D eigenvalue weighted by Crippen LogP contribution is -2.52. The van der Waals surface area contributed by atoms with Gasteiger partial charge in [-0.2, -0.15) is 0 Å². The van der Waals surface area contributed by atoms with Crippen LogP contribution in [0, 0.1) is 11.6 Å². The van der Waals surface area contributed by atoms with Gasteiger partial charge in [0.1, 0.15) is 17.7 Å². The van der Waals surface area contributed by atoms with E-state index in [0.29, 0.717) is 16.1 Å². The first kappa shape index (κ1) is 25.1. The third-order valence-electron chi connectivity index (χ3n) is 4.47. The fourth-order valence-electron chi connectivity index (χ4n) is 2.84. The maximum Gasteiger partial charge on any atom is 0.242 e. The van der Waals surface area contributed by atoms with Gasteiger partial charge in [-0.05, 0) is 57.5 Å². The average Bonchev–Trinajstić information content (AvgIpc) is 2.67. The van der Waals surface area contributed by atoms with Crippen LogP contribution >= 0.6 is 23.4 Å². The molecule has 0 spiro atoms. The van der Waals surface area contributed by atoms with Gasteiger partial charge >= 0.3 is 0 Å². The van der Waals surface area contributed by atoms with Crippen LogP contribution in [0.1, 0.15) is 38.8 Å². The maximum atomic E-state index is 14.0. The van der Waals surface area contributed by atoms with Crippen LogP contribution in [0.25, 0.3) is 0 Å². The molecule has 1 atom stereocenters. The van der Waals surface area contributed by atoms with Crippen LogP contribution in [0.2, 0.25) is 5.02 Å². The van der Waals surface area contributed by atoms with Gasteiger partial charge in [0.15, 0.2) is 0 Å². The number of amides is 2. The second-order valence-corrected chi connectivity index (χ2v) is 9.65. The van der Waals surface area contributed by atoms with Crippen molar-refractivity contribution in [1.82, 2.24) is 10.2 Å². The van der Waals surface area contributed by atoms with E-state index in [1.165, 1.54) is 40.9 Å². The minimum absolute atomic E-state index is 0.0407. The molecule has 31 heavy (non-hydrogen) atoms.